The van der Waals surface area contributed by atoms with Crippen LogP contribution in [0, 0.1) is 11.3 Å². The Kier molecular flexibility index (Phi) is 2.18. The van der Waals surface area contributed by atoms with Gasteiger partial charge in [-0.05, 0) is 12.1 Å². The summed E-state index contributed by atoms with van der Waals surface area (Å²) in [6.07, 6.45) is 0. The van der Waals surface area contributed by atoms with Crippen molar-refractivity contribution in [2.75, 3.05) is 13.2 Å². The molecule has 1 aromatic rings. The molecule has 0 unspecified atom stereocenters. The maximum absolute atomic E-state index is 10.9. The van der Waals surface area contributed by atoms with Gasteiger partial charge in [0.2, 0.25) is 0 Å². The Bertz CT molecular complexity index is 461. The van der Waals surface area contributed by atoms with E-state index in [-0.39, 0.29) is 22.6 Å². The number of rotatable bonds is 1. The van der Waals surface area contributed by atoms with E-state index >= 15 is 0 Å². The first kappa shape index (κ1) is 9.34. The van der Waals surface area contributed by atoms with Gasteiger partial charge >= 0.3 is 5.97 Å². The number of nitrogens with zero attached hydrogens (tertiary/aromatic N) is 1. The van der Waals surface area contributed by atoms with Gasteiger partial charge < -0.3 is 14.6 Å². The number of carbonyl (C=O) groups is 1. The zero-order chi connectivity index (χ0) is 10.8. The fourth-order valence-electron chi connectivity index (χ4n) is 1.39. The van der Waals surface area contributed by atoms with Crippen molar-refractivity contribution >= 4 is 5.97 Å². The van der Waals surface area contributed by atoms with Gasteiger partial charge in [0.05, 0.1) is 5.56 Å². The van der Waals surface area contributed by atoms with Crippen LogP contribution in [0.15, 0.2) is 12.1 Å². The van der Waals surface area contributed by atoms with Gasteiger partial charge in [-0.25, -0.2) is 4.79 Å². The van der Waals surface area contributed by atoms with Crippen LogP contribution in [-0.4, -0.2) is 24.3 Å². The van der Waals surface area contributed by atoms with E-state index in [0.29, 0.717) is 13.2 Å². The minimum absolute atomic E-state index is 0.0173. The van der Waals surface area contributed by atoms with Crippen LogP contribution in [-0.2, 0) is 0 Å². The van der Waals surface area contributed by atoms with E-state index in [2.05, 4.69) is 0 Å². The molecule has 0 radical (unpaired) electrons. The van der Waals surface area contributed by atoms with Gasteiger partial charge in [-0.2, -0.15) is 5.26 Å². The van der Waals surface area contributed by atoms with E-state index in [4.69, 9.17) is 19.8 Å². The minimum atomic E-state index is -1.10. The van der Waals surface area contributed by atoms with Gasteiger partial charge in [-0.15, -0.1) is 0 Å². The largest absolute Gasteiger partial charge is 0.485 e. The summed E-state index contributed by atoms with van der Waals surface area (Å²) in [5, 5.41) is 17.7. The summed E-state index contributed by atoms with van der Waals surface area (Å²) in [6.45, 7) is 0.618. The zero-order valence-electron chi connectivity index (χ0n) is 7.69. The Hall–Kier alpha value is -2.22. The van der Waals surface area contributed by atoms with Crippen molar-refractivity contribution in [1.29, 1.82) is 5.26 Å². The lowest BCUT2D eigenvalue weighted by Crippen LogP contribution is -2.18. The highest BCUT2D eigenvalue weighted by Gasteiger charge is 2.23. The van der Waals surface area contributed by atoms with Crippen LogP contribution in [0.25, 0.3) is 0 Å². The standard InChI is InChI=1S/C10H7NO4/c11-5-6-1-2-7(10(12)13)9-8(6)14-3-4-15-9/h1-2H,3-4H2,(H,12,13). The first-order valence-corrected chi connectivity index (χ1v) is 4.30. The monoisotopic (exact) mass is 205 g/mol. The third-order valence-corrected chi connectivity index (χ3v) is 2.04. The third-order valence-electron chi connectivity index (χ3n) is 2.04. The predicted octanol–water partition coefficient (Wildman–Crippen LogP) is 1.03. The SMILES string of the molecule is N#Cc1ccc(C(=O)O)c2c1OCCO2. The lowest BCUT2D eigenvalue weighted by molar-refractivity contribution is 0.0686. The highest BCUT2D eigenvalue weighted by molar-refractivity contribution is 5.92. The molecule has 15 heavy (non-hydrogen) atoms. The zero-order valence-corrected chi connectivity index (χ0v) is 7.69. The topological polar surface area (TPSA) is 79.6 Å². The number of aromatic carboxylic acids is 1. The molecule has 1 aliphatic heterocycles. The van der Waals surface area contributed by atoms with Gasteiger partial charge in [0.15, 0.2) is 11.5 Å². The van der Waals surface area contributed by atoms with Crippen LogP contribution >= 0.6 is 0 Å². The number of carboxylic acids is 1. The van der Waals surface area contributed by atoms with E-state index in [0.717, 1.165) is 0 Å². The van der Waals surface area contributed by atoms with E-state index < -0.39 is 5.97 Å². The molecule has 1 heterocycles. The van der Waals surface area contributed by atoms with Crippen LogP contribution < -0.4 is 9.47 Å². The van der Waals surface area contributed by atoms with E-state index in [9.17, 15) is 4.79 Å². The molecule has 1 aromatic carbocycles. The van der Waals surface area contributed by atoms with Crippen molar-refractivity contribution < 1.29 is 19.4 Å². The number of hydrogen-bond acceptors (Lipinski definition) is 4. The maximum Gasteiger partial charge on any atom is 0.339 e. The summed E-state index contributed by atoms with van der Waals surface area (Å²) in [7, 11) is 0. The van der Waals surface area contributed by atoms with Crippen LogP contribution in [0.5, 0.6) is 11.5 Å². The second-order valence-corrected chi connectivity index (χ2v) is 2.93. The van der Waals surface area contributed by atoms with Crippen molar-refractivity contribution in [1.82, 2.24) is 0 Å². The first-order chi connectivity index (χ1) is 7.24. The van der Waals surface area contributed by atoms with Gasteiger partial charge in [0.25, 0.3) is 0 Å². The minimum Gasteiger partial charge on any atom is -0.485 e. The first-order valence-electron chi connectivity index (χ1n) is 4.30. The van der Waals surface area contributed by atoms with Gasteiger partial charge in [0.1, 0.15) is 24.8 Å². The molecule has 0 saturated heterocycles. The molecule has 5 heteroatoms. The quantitative estimate of drug-likeness (QED) is 0.740. The number of fused-ring (bicyclic) bond motifs is 1. The van der Waals surface area contributed by atoms with E-state index in [1.54, 1.807) is 0 Å². The third kappa shape index (κ3) is 1.46. The van der Waals surface area contributed by atoms with Crippen LogP contribution in [0.4, 0.5) is 0 Å². The summed E-state index contributed by atoms with van der Waals surface area (Å²) in [4.78, 5) is 10.9. The number of ether oxygens (including phenoxy) is 2. The average Bonchev–Trinajstić information content (AvgIpc) is 2.27. The molecule has 0 fully saturated rings. The molecule has 0 spiro atoms. The molecule has 1 aliphatic rings. The second-order valence-electron chi connectivity index (χ2n) is 2.93. The average molecular weight is 205 g/mol. The maximum atomic E-state index is 10.9. The summed E-state index contributed by atoms with van der Waals surface area (Å²) >= 11 is 0. The van der Waals surface area contributed by atoms with Crippen molar-refractivity contribution in [3.63, 3.8) is 0 Å². The van der Waals surface area contributed by atoms with Crippen molar-refractivity contribution in [3.05, 3.63) is 23.3 Å². The fourth-order valence-corrected chi connectivity index (χ4v) is 1.39. The van der Waals surface area contributed by atoms with Crippen LogP contribution in [0.2, 0.25) is 0 Å². The lowest BCUT2D eigenvalue weighted by atomic mass is 10.1. The number of nitriles is 1. The molecule has 0 saturated carbocycles. The Labute approximate surface area is 85.5 Å². The smallest absolute Gasteiger partial charge is 0.339 e. The Morgan fingerprint density at radius 2 is 2.00 bits per heavy atom. The summed E-state index contributed by atoms with van der Waals surface area (Å²) in [5.41, 5.74) is 0.304. The molecule has 0 bridgehead atoms. The van der Waals surface area contributed by atoms with Gasteiger partial charge in [-0.1, -0.05) is 0 Å². The molecular formula is C10H7NO4. The van der Waals surface area contributed by atoms with Gasteiger partial charge in [0, 0.05) is 0 Å². The molecule has 0 amide bonds. The number of carboxylic acid groups (broad SMARTS) is 1. The molecule has 0 aliphatic carbocycles. The van der Waals surface area contributed by atoms with Crippen molar-refractivity contribution in [3.8, 4) is 17.6 Å². The summed E-state index contributed by atoms with van der Waals surface area (Å²) < 4.78 is 10.4. The highest BCUT2D eigenvalue weighted by atomic mass is 16.6. The molecule has 5 nitrogen and oxygen atoms in total. The second kappa shape index (κ2) is 3.50. The molecule has 2 rings (SSSR count). The molecule has 0 atom stereocenters. The van der Waals surface area contributed by atoms with Crippen LogP contribution in [0.1, 0.15) is 15.9 Å². The van der Waals surface area contributed by atoms with E-state index in [1.807, 2.05) is 6.07 Å². The van der Waals surface area contributed by atoms with Crippen molar-refractivity contribution in [2.45, 2.75) is 0 Å². The molecule has 1 N–H and O–H groups in total. The predicted molar refractivity (Wildman–Crippen MR) is 49.1 cm³/mol. The van der Waals surface area contributed by atoms with E-state index in [1.165, 1.54) is 12.1 Å². The van der Waals surface area contributed by atoms with Gasteiger partial charge in [-0.3, -0.25) is 0 Å². The Morgan fingerprint density at radius 1 is 1.33 bits per heavy atom. The van der Waals surface area contributed by atoms with Crippen LogP contribution in [0.3, 0.4) is 0 Å². The Morgan fingerprint density at radius 3 is 2.60 bits per heavy atom. The number of benzene rings is 1. The Balaban J connectivity index is 2.64. The lowest BCUT2D eigenvalue weighted by Gasteiger charge is -2.20. The fraction of sp³-hybridized carbons (Fsp3) is 0.200. The van der Waals surface area contributed by atoms with Crippen molar-refractivity contribution in [2.24, 2.45) is 0 Å². The normalized spacial score (nSPS) is 13.0. The molecule has 0 aromatic heterocycles. The summed E-state index contributed by atoms with van der Waals surface area (Å²) in [6, 6.07) is 4.68. The number of hydrogen-bond donors (Lipinski definition) is 1. The molecule has 76 valence electrons. The summed E-state index contributed by atoms with van der Waals surface area (Å²) in [5.74, 6) is -0.724. The highest BCUT2D eigenvalue weighted by Crippen LogP contribution is 2.36. The molecular weight excluding hydrogens is 198 g/mol.